The third kappa shape index (κ3) is 2.80. The van der Waals surface area contributed by atoms with E-state index in [0.29, 0.717) is 6.04 Å². The number of hydrogen-bond donors (Lipinski definition) is 1. The fourth-order valence-electron chi connectivity index (χ4n) is 4.35. The minimum atomic E-state index is 0.266. The Hall–Kier alpha value is -1.31. The maximum Gasteiger partial charge on any atom is 0.0578 e. The van der Waals surface area contributed by atoms with Crippen LogP contribution in [0.3, 0.4) is 0 Å². The molecule has 2 aromatic carbocycles. The summed E-state index contributed by atoms with van der Waals surface area (Å²) in [7, 11) is 0. The first-order chi connectivity index (χ1) is 10.8. The molecule has 0 aromatic heterocycles. The zero-order chi connectivity index (χ0) is 14.9. The lowest BCUT2D eigenvalue weighted by Gasteiger charge is -2.29. The van der Waals surface area contributed by atoms with Crippen LogP contribution in [0.4, 0.5) is 0 Å². The molecule has 1 nitrogen and oxygen atoms in total. The molecule has 1 N–H and O–H groups in total. The van der Waals surface area contributed by atoms with Crippen molar-refractivity contribution in [1.82, 2.24) is 5.32 Å². The third-order valence-corrected chi connectivity index (χ3v) is 5.71. The second-order valence-corrected chi connectivity index (χ2v) is 7.28. The van der Waals surface area contributed by atoms with Gasteiger partial charge in [-0.15, -0.1) is 0 Å². The summed E-state index contributed by atoms with van der Waals surface area (Å²) in [5, 5.41) is 4.76. The van der Waals surface area contributed by atoms with E-state index in [2.05, 4.69) is 47.8 Å². The predicted molar refractivity (Wildman–Crippen MR) is 92.1 cm³/mol. The number of nitrogens with one attached hydrogen (secondary N) is 1. The van der Waals surface area contributed by atoms with Gasteiger partial charge in [-0.25, -0.2) is 0 Å². The van der Waals surface area contributed by atoms with Gasteiger partial charge in [0.2, 0.25) is 0 Å². The molecule has 114 valence electrons. The van der Waals surface area contributed by atoms with E-state index in [1.807, 2.05) is 12.1 Å². The molecular formula is C20H22ClN. The SMILES string of the molecule is Clc1ccc([C@H](N[C@@H]2C[C@@H]3CC[C@@H]2C3)c2ccccc2)cc1. The van der Waals surface area contributed by atoms with Gasteiger partial charge in [-0.1, -0.05) is 60.5 Å². The normalized spacial score (nSPS) is 28.0. The van der Waals surface area contributed by atoms with Gasteiger partial charge in [0.1, 0.15) is 0 Å². The van der Waals surface area contributed by atoms with Gasteiger partial charge in [-0.2, -0.15) is 0 Å². The largest absolute Gasteiger partial charge is 0.303 e. The van der Waals surface area contributed by atoms with Gasteiger partial charge < -0.3 is 5.32 Å². The van der Waals surface area contributed by atoms with Crippen molar-refractivity contribution in [2.75, 3.05) is 0 Å². The smallest absolute Gasteiger partial charge is 0.0578 e. The van der Waals surface area contributed by atoms with E-state index in [1.54, 1.807) is 0 Å². The Bertz CT molecular complexity index is 622. The molecule has 2 heteroatoms. The first kappa shape index (κ1) is 14.3. The number of rotatable bonds is 4. The quantitative estimate of drug-likeness (QED) is 0.817. The minimum absolute atomic E-state index is 0.266. The maximum atomic E-state index is 6.06. The molecule has 2 aromatic rings. The van der Waals surface area contributed by atoms with E-state index >= 15 is 0 Å². The number of fused-ring (bicyclic) bond motifs is 2. The zero-order valence-corrected chi connectivity index (χ0v) is 13.5. The molecule has 22 heavy (non-hydrogen) atoms. The van der Waals surface area contributed by atoms with Crippen molar-refractivity contribution in [1.29, 1.82) is 0 Å². The van der Waals surface area contributed by atoms with Crippen LogP contribution in [-0.4, -0.2) is 6.04 Å². The second-order valence-electron chi connectivity index (χ2n) is 6.84. The molecule has 2 aliphatic rings. The van der Waals surface area contributed by atoms with E-state index in [1.165, 1.54) is 36.8 Å². The average molecular weight is 312 g/mol. The van der Waals surface area contributed by atoms with Gasteiger partial charge in [0.15, 0.2) is 0 Å². The van der Waals surface area contributed by atoms with Gasteiger partial charge in [-0.3, -0.25) is 0 Å². The Balaban J connectivity index is 1.62. The molecule has 0 amide bonds. The molecule has 0 aliphatic heterocycles. The summed E-state index contributed by atoms with van der Waals surface area (Å²) in [5.41, 5.74) is 2.64. The highest BCUT2D eigenvalue weighted by Gasteiger charge is 2.40. The van der Waals surface area contributed by atoms with Gasteiger partial charge in [-0.05, 0) is 54.4 Å². The number of halogens is 1. The van der Waals surface area contributed by atoms with E-state index in [0.717, 1.165) is 16.9 Å². The van der Waals surface area contributed by atoms with E-state index in [-0.39, 0.29) is 6.04 Å². The average Bonchev–Trinajstić information content (AvgIpc) is 3.17. The lowest BCUT2D eigenvalue weighted by molar-refractivity contribution is 0.334. The first-order valence-electron chi connectivity index (χ1n) is 8.36. The lowest BCUT2D eigenvalue weighted by atomic mass is 9.92. The van der Waals surface area contributed by atoms with Crippen LogP contribution >= 0.6 is 11.6 Å². The van der Waals surface area contributed by atoms with Crippen LogP contribution in [0.25, 0.3) is 0 Å². The van der Waals surface area contributed by atoms with Crippen LogP contribution in [0.2, 0.25) is 5.02 Å². The van der Waals surface area contributed by atoms with E-state index in [4.69, 9.17) is 11.6 Å². The molecule has 2 fully saturated rings. The van der Waals surface area contributed by atoms with E-state index in [9.17, 15) is 0 Å². The molecule has 4 rings (SSSR count). The fourth-order valence-corrected chi connectivity index (χ4v) is 4.47. The highest BCUT2D eigenvalue weighted by atomic mass is 35.5. The topological polar surface area (TPSA) is 12.0 Å². The predicted octanol–water partition coefficient (Wildman–Crippen LogP) is 5.21. The molecule has 0 heterocycles. The molecule has 0 spiro atoms. The summed E-state index contributed by atoms with van der Waals surface area (Å²) < 4.78 is 0. The fraction of sp³-hybridized carbons (Fsp3) is 0.400. The maximum absolute atomic E-state index is 6.06. The van der Waals surface area contributed by atoms with Crippen molar-refractivity contribution < 1.29 is 0 Å². The molecule has 2 saturated carbocycles. The second kappa shape index (κ2) is 6.06. The Morgan fingerprint density at radius 3 is 2.23 bits per heavy atom. The first-order valence-corrected chi connectivity index (χ1v) is 8.74. The van der Waals surface area contributed by atoms with Gasteiger partial charge in [0.05, 0.1) is 6.04 Å². The van der Waals surface area contributed by atoms with Crippen LogP contribution in [0, 0.1) is 11.8 Å². The van der Waals surface area contributed by atoms with Crippen LogP contribution in [0.1, 0.15) is 42.9 Å². The van der Waals surface area contributed by atoms with Crippen molar-refractivity contribution in [3.63, 3.8) is 0 Å². The minimum Gasteiger partial charge on any atom is -0.303 e. The summed E-state index contributed by atoms with van der Waals surface area (Å²) >= 11 is 6.06. The lowest BCUT2D eigenvalue weighted by Crippen LogP contribution is -2.37. The van der Waals surface area contributed by atoms with Crippen molar-refractivity contribution in [2.24, 2.45) is 11.8 Å². The third-order valence-electron chi connectivity index (χ3n) is 5.46. The number of benzene rings is 2. The van der Waals surface area contributed by atoms with Gasteiger partial charge in [0, 0.05) is 11.1 Å². The van der Waals surface area contributed by atoms with Crippen LogP contribution in [0.5, 0.6) is 0 Å². The Kier molecular flexibility index (Phi) is 3.94. The Morgan fingerprint density at radius 2 is 1.59 bits per heavy atom. The Morgan fingerprint density at radius 1 is 0.864 bits per heavy atom. The summed E-state index contributed by atoms with van der Waals surface area (Å²) in [6.07, 6.45) is 5.63. The van der Waals surface area contributed by atoms with Crippen molar-refractivity contribution >= 4 is 11.6 Å². The van der Waals surface area contributed by atoms with Gasteiger partial charge >= 0.3 is 0 Å². The standard InChI is InChI=1S/C20H22ClN/c21-18-10-8-16(9-11-18)20(15-4-2-1-3-5-15)22-19-13-14-6-7-17(19)12-14/h1-5,8-11,14,17,19-20,22H,6-7,12-13H2/t14-,17-,19-,20-/m1/s1. The van der Waals surface area contributed by atoms with Gasteiger partial charge in [0.25, 0.3) is 0 Å². The summed E-state index contributed by atoms with van der Waals surface area (Å²) in [5.74, 6) is 1.84. The number of hydrogen-bond acceptors (Lipinski definition) is 1. The molecule has 4 atom stereocenters. The van der Waals surface area contributed by atoms with E-state index < -0.39 is 0 Å². The molecule has 0 radical (unpaired) electrons. The van der Waals surface area contributed by atoms with Crippen LogP contribution in [0.15, 0.2) is 54.6 Å². The molecular weight excluding hydrogens is 290 g/mol. The van der Waals surface area contributed by atoms with Crippen molar-refractivity contribution in [3.05, 3.63) is 70.7 Å². The molecule has 0 unspecified atom stereocenters. The Labute approximate surface area is 137 Å². The van der Waals surface area contributed by atoms with Crippen molar-refractivity contribution in [3.8, 4) is 0 Å². The molecule has 2 bridgehead atoms. The van der Waals surface area contributed by atoms with Crippen LogP contribution in [-0.2, 0) is 0 Å². The monoisotopic (exact) mass is 311 g/mol. The molecule has 2 aliphatic carbocycles. The molecule has 0 saturated heterocycles. The summed E-state index contributed by atoms with van der Waals surface area (Å²) in [6.45, 7) is 0. The summed E-state index contributed by atoms with van der Waals surface area (Å²) in [6, 6.07) is 20.0. The highest BCUT2D eigenvalue weighted by Crippen LogP contribution is 2.45. The zero-order valence-electron chi connectivity index (χ0n) is 12.7. The van der Waals surface area contributed by atoms with Crippen LogP contribution < -0.4 is 5.32 Å². The summed E-state index contributed by atoms with van der Waals surface area (Å²) in [4.78, 5) is 0. The van der Waals surface area contributed by atoms with Crippen molar-refractivity contribution in [2.45, 2.75) is 37.8 Å². The highest BCUT2D eigenvalue weighted by molar-refractivity contribution is 6.30.